The summed E-state index contributed by atoms with van der Waals surface area (Å²) in [5.41, 5.74) is 0.641. The molecule has 2 aromatic rings. The van der Waals surface area contributed by atoms with Crippen LogP contribution < -0.4 is 4.74 Å². The summed E-state index contributed by atoms with van der Waals surface area (Å²) in [7, 11) is 1.47. The predicted molar refractivity (Wildman–Crippen MR) is 82.1 cm³/mol. The van der Waals surface area contributed by atoms with Crippen molar-refractivity contribution in [3.05, 3.63) is 63.6 Å². The maximum Gasteiger partial charge on any atom is 0.188 e. The number of halogens is 2. The molecule has 0 aliphatic heterocycles. The van der Waals surface area contributed by atoms with Crippen molar-refractivity contribution in [2.24, 2.45) is 0 Å². The van der Waals surface area contributed by atoms with Crippen LogP contribution in [0, 0.1) is 11.3 Å². The lowest BCUT2D eigenvalue weighted by molar-refractivity contribution is 0.0976. The van der Waals surface area contributed by atoms with E-state index in [1.54, 1.807) is 42.5 Å². The van der Waals surface area contributed by atoms with E-state index in [4.69, 9.17) is 27.9 Å². The van der Waals surface area contributed by atoms with E-state index in [1.165, 1.54) is 7.11 Å². The first-order valence-electron chi connectivity index (χ1n) is 6.11. The molecule has 3 nitrogen and oxygen atoms in total. The number of carbonyl (C=O) groups excluding carboxylic acids is 1. The largest absolute Gasteiger partial charge is 0.496 e. The highest BCUT2D eigenvalue weighted by Crippen LogP contribution is 2.34. The van der Waals surface area contributed by atoms with Gasteiger partial charge in [0.1, 0.15) is 11.7 Å². The molecule has 0 spiro atoms. The number of carbonyl (C=O) groups is 1. The molecule has 0 amide bonds. The van der Waals surface area contributed by atoms with Crippen molar-refractivity contribution in [1.29, 1.82) is 5.26 Å². The third-order valence-corrected chi connectivity index (χ3v) is 3.71. The van der Waals surface area contributed by atoms with Crippen LogP contribution in [-0.4, -0.2) is 12.9 Å². The number of hydrogen-bond donors (Lipinski definition) is 0. The second-order valence-electron chi connectivity index (χ2n) is 4.26. The Morgan fingerprint density at radius 3 is 2.33 bits per heavy atom. The first kappa shape index (κ1) is 15.4. The number of para-hydroxylation sites is 1. The van der Waals surface area contributed by atoms with Crippen LogP contribution in [0.4, 0.5) is 0 Å². The lowest BCUT2D eigenvalue weighted by Crippen LogP contribution is -2.13. The van der Waals surface area contributed by atoms with Crippen LogP contribution in [0.25, 0.3) is 0 Å². The van der Waals surface area contributed by atoms with E-state index in [1.807, 2.05) is 6.07 Å². The molecule has 0 aromatic heterocycles. The van der Waals surface area contributed by atoms with Crippen molar-refractivity contribution in [3.63, 3.8) is 0 Å². The van der Waals surface area contributed by atoms with Crippen molar-refractivity contribution >= 4 is 29.0 Å². The molecule has 0 heterocycles. The van der Waals surface area contributed by atoms with E-state index in [0.717, 1.165) is 0 Å². The van der Waals surface area contributed by atoms with Gasteiger partial charge in [-0.2, -0.15) is 5.26 Å². The summed E-state index contributed by atoms with van der Waals surface area (Å²) in [6.45, 7) is 0. The highest BCUT2D eigenvalue weighted by Gasteiger charge is 2.28. The molecular weight excluding hydrogens is 309 g/mol. The van der Waals surface area contributed by atoms with Gasteiger partial charge in [0.25, 0.3) is 0 Å². The van der Waals surface area contributed by atoms with Gasteiger partial charge in [-0.05, 0) is 24.3 Å². The van der Waals surface area contributed by atoms with Gasteiger partial charge in [0.2, 0.25) is 0 Å². The second-order valence-corrected chi connectivity index (χ2v) is 5.08. The van der Waals surface area contributed by atoms with Gasteiger partial charge in [0.05, 0.1) is 18.7 Å². The van der Waals surface area contributed by atoms with Gasteiger partial charge in [0.15, 0.2) is 5.78 Å². The van der Waals surface area contributed by atoms with Crippen molar-refractivity contribution < 1.29 is 9.53 Å². The van der Waals surface area contributed by atoms with Crippen molar-refractivity contribution in [2.45, 2.75) is 5.92 Å². The van der Waals surface area contributed by atoms with Crippen molar-refractivity contribution in [2.75, 3.05) is 7.11 Å². The molecule has 0 saturated carbocycles. The van der Waals surface area contributed by atoms with Gasteiger partial charge < -0.3 is 4.74 Å². The minimum Gasteiger partial charge on any atom is -0.496 e. The molecule has 21 heavy (non-hydrogen) atoms. The van der Waals surface area contributed by atoms with Crippen LogP contribution in [0.5, 0.6) is 5.75 Å². The van der Waals surface area contributed by atoms with Gasteiger partial charge in [-0.15, -0.1) is 0 Å². The van der Waals surface area contributed by atoms with Crippen LogP contribution in [-0.2, 0) is 0 Å². The predicted octanol–water partition coefficient (Wildman–Crippen LogP) is 4.49. The molecule has 0 saturated heterocycles. The van der Waals surface area contributed by atoms with Crippen LogP contribution >= 0.6 is 23.2 Å². The van der Waals surface area contributed by atoms with Gasteiger partial charge in [0, 0.05) is 15.6 Å². The third-order valence-electron chi connectivity index (χ3n) is 3.05. The zero-order valence-electron chi connectivity index (χ0n) is 11.1. The van der Waals surface area contributed by atoms with E-state index in [9.17, 15) is 10.1 Å². The first-order chi connectivity index (χ1) is 10.1. The van der Waals surface area contributed by atoms with Crippen LogP contribution in [0.1, 0.15) is 21.8 Å². The Morgan fingerprint density at radius 1 is 1.14 bits per heavy atom. The molecule has 0 aliphatic rings. The zero-order chi connectivity index (χ0) is 15.4. The van der Waals surface area contributed by atoms with Gasteiger partial charge in [-0.25, -0.2) is 0 Å². The van der Waals surface area contributed by atoms with E-state index in [2.05, 4.69) is 0 Å². The van der Waals surface area contributed by atoms with Crippen LogP contribution in [0.15, 0.2) is 42.5 Å². The minimum atomic E-state index is -1.08. The maximum atomic E-state index is 12.6. The quantitative estimate of drug-likeness (QED) is 0.780. The standard InChI is InChI=1S/C16H11Cl2NO2/c1-21-14-8-3-2-5-10(14)16(20)11(9-19)15-12(17)6-4-7-13(15)18/h2-8,11H,1H3. The molecule has 5 heteroatoms. The Balaban J connectivity index is 2.52. The number of nitrogens with zero attached hydrogens (tertiary/aromatic N) is 1. The molecule has 0 fully saturated rings. The van der Waals surface area contributed by atoms with Gasteiger partial charge >= 0.3 is 0 Å². The van der Waals surface area contributed by atoms with Crippen LogP contribution in [0.2, 0.25) is 10.0 Å². The van der Waals surface area contributed by atoms with Crippen molar-refractivity contribution in [3.8, 4) is 11.8 Å². The fourth-order valence-corrected chi connectivity index (χ4v) is 2.66. The van der Waals surface area contributed by atoms with E-state index >= 15 is 0 Å². The van der Waals surface area contributed by atoms with E-state index in [0.29, 0.717) is 16.9 Å². The fraction of sp³-hybridized carbons (Fsp3) is 0.125. The molecule has 1 unspecified atom stereocenters. The molecular formula is C16H11Cl2NO2. The fourth-order valence-electron chi connectivity index (χ4n) is 2.04. The topological polar surface area (TPSA) is 50.1 Å². The summed E-state index contributed by atoms with van der Waals surface area (Å²) in [5.74, 6) is -1.07. The zero-order valence-corrected chi connectivity index (χ0v) is 12.7. The Hall–Kier alpha value is -2.02. The number of nitriles is 1. The molecule has 0 bridgehead atoms. The number of rotatable bonds is 4. The SMILES string of the molecule is COc1ccccc1C(=O)C(C#N)c1c(Cl)cccc1Cl. The van der Waals surface area contributed by atoms with E-state index in [-0.39, 0.29) is 10.0 Å². The minimum absolute atomic E-state index is 0.289. The Kier molecular flexibility index (Phi) is 4.85. The molecule has 1 atom stereocenters. The second kappa shape index (κ2) is 6.62. The number of Topliss-reactive ketones (excluding diaryl/α,β-unsaturated/α-hetero) is 1. The normalized spacial score (nSPS) is 11.5. The number of benzene rings is 2. The smallest absolute Gasteiger partial charge is 0.188 e. The lowest BCUT2D eigenvalue weighted by atomic mass is 9.91. The molecule has 0 N–H and O–H groups in total. The molecule has 0 radical (unpaired) electrons. The number of methoxy groups -OCH3 is 1. The third kappa shape index (κ3) is 3.02. The Labute approximate surface area is 132 Å². The monoisotopic (exact) mass is 319 g/mol. The van der Waals surface area contributed by atoms with Crippen molar-refractivity contribution in [1.82, 2.24) is 0 Å². The summed E-state index contributed by atoms with van der Waals surface area (Å²) < 4.78 is 5.16. The summed E-state index contributed by atoms with van der Waals surface area (Å²) in [4.78, 5) is 12.6. The Morgan fingerprint density at radius 2 is 1.76 bits per heavy atom. The lowest BCUT2D eigenvalue weighted by Gasteiger charge is -2.14. The summed E-state index contributed by atoms with van der Waals surface area (Å²) in [6.07, 6.45) is 0. The summed E-state index contributed by atoms with van der Waals surface area (Å²) in [5, 5.41) is 9.97. The number of ether oxygens (including phenoxy) is 1. The van der Waals surface area contributed by atoms with E-state index < -0.39 is 11.7 Å². The van der Waals surface area contributed by atoms with Gasteiger partial charge in [-0.3, -0.25) is 4.79 Å². The molecule has 0 aliphatic carbocycles. The first-order valence-corrected chi connectivity index (χ1v) is 6.86. The number of hydrogen-bond acceptors (Lipinski definition) is 3. The summed E-state index contributed by atoms with van der Waals surface area (Å²) >= 11 is 12.2. The molecule has 2 aromatic carbocycles. The average molecular weight is 320 g/mol. The highest BCUT2D eigenvalue weighted by molar-refractivity contribution is 6.36. The van der Waals surface area contributed by atoms with Crippen LogP contribution in [0.3, 0.4) is 0 Å². The highest BCUT2D eigenvalue weighted by atomic mass is 35.5. The van der Waals surface area contributed by atoms with Gasteiger partial charge in [-0.1, -0.05) is 41.4 Å². The Bertz CT molecular complexity index is 702. The maximum absolute atomic E-state index is 12.6. The molecule has 2 rings (SSSR count). The average Bonchev–Trinajstić information content (AvgIpc) is 2.50. The summed E-state index contributed by atoms with van der Waals surface area (Å²) in [6, 6.07) is 13.6. The molecule has 106 valence electrons. The number of ketones is 1.